The molecule has 0 saturated carbocycles. The average molecular weight is 304 g/mol. The van der Waals surface area contributed by atoms with E-state index in [1.807, 2.05) is 17.9 Å². The molecule has 0 aliphatic carbocycles. The van der Waals surface area contributed by atoms with Crippen molar-refractivity contribution < 1.29 is 9.32 Å². The molecular formula is C14H20N6O2. The first-order valence-electron chi connectivity index (χ1n) is 7.53. The molecule has 2 aromatic rings. The molecule has 0 bridgehead atoms. The zero-order valence-electron chi connectivity index (χ0n) is 12.6. The molecule has 3 heterocycles. The van der Waals surface area contributed by atoms with Crippen LogP contribution >= 0.6 is 0 Å². The fourth-order valence-electron chi connectivity index (χ4n) is 2.81. The van der Waals surface area contributed by atoms with Crippen molar-refractivity contribution in [2.75, 3.05) is 13.1 Å². The number of nitrogens with two attached hydrogens (primary N) is 1. The third-order valence-corrected chi connectivity index (χ3v) is 3.87. The molecule has 1 unspecified atom stereocenters. The maximum atomic E-state index is 12.7. The van der Waals surface area contributed by atoms with Crippen LogP contribution < -0.4 is 5.73 Å². The second-order valence-electron chi connectivity index (χ2n) is 5.53. The summed E-state index contributed by atoms with van der Waals surface area (Å²) >= 11 is 0. The number of carbonyl (C=O) groups is 1. The van der Waals surface area contributed by atoms with Crippen molar-refractivity contribution >= 4 is 5.91 Å². The molecule has 3 rings (SSSR count). The Kier molecular flexibility index (Phi) is 4.19. The molecule has 1 amide bonds. The van der Waals surface area contributed by atoms with Crippen molar-refractivity contribution in [3.8, 4) is 0 Å². The van der Waals surface area contributed by atoms with Crippen LogP contribution in [-0.4, -0.2) is 44.0 Å². The van der Waals surface area contributed by atoms with Gasteiger partial charge >= 0.3 is 0 Å². The first kappa shape index (κ1) is 14.7. The third kappa shape index (κ3) is 2.87. The van der Waals surface area contributed by atoms with Gasteiger partial charge in [-0.1, -0.05) is 10.4 Å². The lowest BCUT2D eigenvalue weighted by Gasteiger charge is -2.33. The highest BCUT2D eigenvalue weighted by Crippen LogP contribution is 2.31. The van der Waals surface area contributed by atoms with Gasteiger partial charge in [-0.15, -0.1) is 5.10 Å². The molecule has 1 atom stereocenters. The number of hydrogen-bond donors (Lipinski definition) is 1. The summed E-state index contributed by atoms with van der Waals surface area (Å²) in [5, 5.41) is 12.0. The number of hydrogen-bond acceptors (Lipinski definition) is 6. The van der Waals surface area contributed by atoms with Crippen LogP contribution in [0.1, 0.15) is 47.2 Å². The molecule has 1 aliphatic heterocycles. The lowest BCUT2D eigenvalue weighted by molar-refractivity contribution is 0.0595. The lowest BCUT2D eigenvalue weighted by atomic mass is 9.99. The molecule has 2 N–H and O–H groups in total. The van der Waals surface area contributed by atoms with Crippen molar-refractivity contribution in [2.45, 2.75) is 38.8 Å². The van der Waals surface area contributed by atoms with E-state index < -0.39 is 0 Å². The fraction of sp³-hybridized carbons (Fsp3) is 0.571. The van der Waals surface area contributed by atoms with E-state index in [1.54, 1.807) is 10.9 Å². The van der Waals surface area contributed by atoms with Gasteiger partial charge in [0.1, 0.15) is 11.5 Å². The minimum atomic E-state index is -0.117. The summed E-state index contributed by atoms with van der Waals surface area (Å²) in [4.78, 5) is 14.5. The van der Waals surface area contributed by atoms with Gasteiger partial charge in [-0.2, -0.15) is 0 Å². The van der Waals surface area contributed by atoms with Crippen LogP contribution in [0.4, 0.5) is 0 Å². The number of carbonyl (C=O) groups excluding carboxylic acids is 1. The Morgan fingerprint density at radius 2 is 2.36 bits per heavy atom. The van der Waals surface area contributed by atoms with E-state index in [1.165, 1.54) is 0 Å². The minimum absolute atomic E-state index is 0.0571. The summed E-state index contributed by atoms with van der Waals surface area (Å²) in [5.41, 5.74) is 6.64. The van der Waals surface area contributed by atoms with E-state index in [2.05, 4.69) is 15.5 Å². The molecule has 8 nitrogen and oxygen atoms in total. The number of likely N-dealkylation sites (tertiary alicyclic amines) is 1. The van der Waals surface area contributed by atoms with Gasteiger partial charge in [0.15, 0.2) is 5.69 Å². The summed E-state index contributed by atoms with van der Waals surface area (Å²) in [7, 11) is 0. The SMILES string of the molecule is Cc1cc(C2CCCCN2C(=O)c2cn(CCN)nn2)no1. The van der Waals surface area contributed by atoms with Gasteiger partial charge in [0.25, 0.3) is 5.91 Å². The monoisotopic (exact) mass is 304 g/mol. The minimum Gasteiger partial charge on any atom is -0.361 e. The molecule has 0 radical (unpaired) electrons. The molecule has 1 fully saturated rings. The van der Waals surface area contributed by atoms with Crippen LogP contribution in [-0.2, 0) is 6.54 Å². The number of aryl methyl sites for hydroxylation is 1. The van der Waals surface area contributed by atoms with Crippen molar-refractivity contribution in [3.05, 3.63) is 29.4 Å². The van der Waals surface area contributed by atoms with Gasteiger partial charge < -0.3 is 15.2 Å². The predicted octanol–water partition coefficient (Wildman–Crippen LogP) is 0.901. The van der Waals surface area contributed by atoms with Gasteiger partial charge in [0, 0.05) is 19.2 Å². The van der Waals surface area contributed by atoms with Gasteiger partial charge in [-0.05, 0) is 26.2 Å². The summed E-state index contributed by atoms with van der Waals surface area (Å²) in [6, 6.07) is 1.83. The average Bonchev–Trinajstić information content (AvgIpc) is 3.16. The molecule has 22 heavy (non-hydrogen) atoms. The molecule has 118 valence electrons. The zero-order chi connectivity index (χ0) is 15.5. The van der Waals surface area contributed by atoms with Crippen LogP contribution in [0.5, 0.6) is 0 Å². The highest BCUT2D eigenvalue weighted by molar-refractivity contribution is 5.92. The number of rotatable bonds is 4. The smallest absolute Gasteiger partial charge is 0.276 e. The van der Waals surface area contributed by atoms with Crippen molar-refractivity contribution in [1.29, 1.82) is 0 Å². The van der Waals surface area contributed by atoms with Gasteiger partial charge in [0.2, 0.25) is 0 Å². The maximum Gasteiger partial charge on any atom is 0.276 e. The van der Waals surface area contributed by atoms with E-state index in [9.17, 15) is 4.79 Å². The third-order valence-electron chi connectivity index (χ3n) is 3.87. The van der Waals surface area contributed by atoms with E-state index in [0.717, 1.165) is 30.7 Å². The topological polar surface area (TPSA) is 103 Å². The fourth-order valence-corrected chi connectivity index (χ4v) is 2.81. The van der Waals surface area contributed by atoms with Gasteiger partial charge in [-0.25, -0.2) is 0 Å². The Balaban J connectivity index is 1.81. The summed E-state index contributed by atoms with van der Waals surface area (Å²) < 4.78 is 6.74. The second-order valence-corrected chi connectivity index (χ2v) is 5.53. The van der Waals surface area contributed by atoms with E-state index in [-0.39, 0.29) is 11.9 Å². The van der Waals surface area contributed by atoms with Crippen molar-refractivity contribution in [1.82, 2.24) is 25.1 Å². The number of nitrogens with zero attached hydrogens (tertiary/aromatic N) is 5. The Hall–Kier alpha value is -2.22. The number of amides is 1. The summed E-state index contributed by atoms with van der Waals surface area (Å²) in [6.07, 6.45) is 4.58. The Bertz CT molecular complexity index is 649. The Morgan fingerprint density at radius 3 is 3.09 bits per heavy atom. The van der Waals surface area contributed by atoms with Gasteiger partial charge in [0.05, 0.1) is 18.8 Å². The first-order chi connectivity index (χ1) is 10.7. The summed E-state index contributed by atoms with van der Waals surface area (Å²) in [6.45, 7) is 3.55. The molecule has 0 spiro atoms. The van der Waals surface area contributed by atoms with Gasteiger partial charge in [-0.3, -0.25) is 9.48 Å². The molecule has 0 aromatic carbocycles. The van der Waals surface area contributed by atoms with E-state index >= 15 is 0 Å². The zero-order valence-corrected chi connectivity index (χ0v) is 12.6. The molecule has 1 saturated heterocycles. The molecule has 1 aliphatic rings. The normalized spacial score (nSPS) is 18.6. The number of piperidine rings is 1. The van der Waals surface area contributed by atoms with Crippen LogP contribution in [0, 0.1) is 6.92 Å². The molecule has 8 heteroatoms. The van der Waals surface area contributed by atoms with Crippen molar-refractivity contribution in [2.24, 2.45) is 5.73 Å². The second kappa shape index (κ2) is 6.27. The maximum absolute atomic E-state index is 12.7. The van der Waals surface area contributed by atoms with E-state index in [4.69, 9.17) is 10.3 Å². The Labute approximate surface area is 128 Å². The first-order valence-corrected chi connectivity index (χ1v) is 7.53. The molecule has 2 aromatic heterocycles. The highest BCUT2D eigenvalue weighted by Gasteiger charge is 2.32. The Morgan fingerprint density at radius 1 is 1.50 bits per heavy atom. The lowest BCUT2D eigenvalue weighted by Crippen LogP contribution is -2.38. The predicted molar refractivity (Wildman–Crippen MR) is 77.9 cm³/mol. The van der Waals surface area contributed by atoms with Crippen LogP contribution in [0.15, 0.2) is 16.8 Å². The van der Waals surface area contributed by atoms with Crippen LogP contribution in [0.2, 0.25) is 0 Å². The van der Waals surface area contributed by atoms with Crippen LogP contribution in [0.25, 0.3) is 0 Å². The van der Waals surface area contributed by atoms with Crippen LogP contribution in [0.3, 0.4) is 0 Å². The quantitative estimate of drug-likeness (QED) is 0.900. The summed E-state index contributed by atoms with van der Waals surface area (Å²) in [5.74, 6) is 0.635. The largest absolute Gasteiger partial charge is 0.361 e. The standard InChI is InChI=1S/C14H20N6O2/c1-10-8-11(17-22-10)13-4-2-3-6-20(13)14(21)12-9-19(7-5-15)18-16-12/h8-9,13H,2-7,15H2,1H3. The van der Waals surface area contributed by atoms with E-state index in [0.29, 0.717) is 25.3 Å². The highest BCUT2D eigenvalue weighted by atomic mass is 16.5. The van der Waals surface area contributed by atoms with Crippen molar-refractivity contribution in [3.63, 3.8) is 0 Å². The number of aromatic nitrogens is 4. The molecular weight excluding hydrogens is 284 g/mol.